The summed E-state index contributed by atoms with van der Waals surface area (Å²) in [6, 6.07) is 22.9. The van der Waals surface area contributed by atoms with Gasteiger partial charge in [-0.2, -0.15) is 0 Å². The summed E-state index contributed by atoms with van der Waals surface area (Å²) >= 11 is 7.34. The normalized spacial score (nSPS) is 12.3. The minimum absolute atomic E-state index is 0.200. The van der Waals surface area contributed by atoms with Gasteiger partial charge >= 0.3 is 0 Å². The van der Waals surface area contributed by atoms with Gasteiger partial charge in [-0.15, -0.1) is 10.2 Å². The topological polar surface area (TPSA) is 93.9 Å². The maximum Gasteiger partial charge on any atom is 0.237 e. The van der Waals surface area contributed by atoms with E-state index in [9.17, 15) is 13.2 Å². The molecule has 3 aromatic carbocycles. The van der Waals surface area contributed by atoms with Crippen molar-refractivity contribution in [2.45, 2.75) is 41.3 Å². The molecule has 1 heterocycles. The first kappa shape index (κ1) is 25.9. The van der Waals surface area contributed by atoms with Crippen LogP contribution in [0.15, 0.2) is 88.9 Å². The number of aryl methyl sites for hydroxylation is 1. The fourth-order valence-corrected chi connectivity index (χ4v) is 6.01. The smallest absolute Gasteiger partial charge is 0.237 e. The van der Waals surface area contributed by atoms with Crippen LogP contribution in [0.25, 0.3) is 5.69 Å². The minimum atomic E-state index is -3.65. The van der Waals surface area contributed by atoms with Crippen LogP contribution in [0.3, 0.4) is 0 Å². The lowest BCUT2D eigenvalue weighted by molar-refractivity contribution is -0.115. The molecule has 0 aliphatic rings. The second-order valence-corrected chi connectivity index (χ2v) is 11.7. The SMILES string of the molecule is CCC(Sc1nnc(CS(=O)(=O)c2ccccc2)n1-c1ccccc1)C(=O)Nc1cc(Cl)ccc1C. The fourth-order valence-electron chi connectivity index (χ4n) is 3.58. The minimum Gasteiger partial charge on any atom is -0.325 e. The van der Waals surface area contributed by atoms with E-state index in [0.717, 1.165) is 5.56 Å². The number of benzene rings is 3. The summed E-state index contributed by atoms with van der Waals surface area (Å²) in [5.74, 6) is -0.258. The molecule has 1 unspecified atom stereocenters. The van der Waals surface area contributed by atoms with Gasteiger partial charge in [0, 0.05) is 16.4 Å². The number of rotatable bonds is 9. The molecule has 186 valence electrons. The quantitative estimate of drug-likeness (QED) is 0.273. The number of sulfone groups is 1. The fraction of sp³-hybridized carbons (Fsp3) is 0.192. The number of carbonyl (C=O) groups is 1. The molecule has 4 rings (SSSR count). The average molecular weight is 541 g/mol. The van der Waals surface area contributed by atoms with E-state index in [0.29, 0.717) is 28.0 Å². The van der Waals surface area contributed by atoms with Crippen LogP contribution in [0.2, 0.25) is 5.02 Å². The second-order valence-electron chi connectivity index (χ2n) is 8.11. The number of para-hydroxylation sites is 1. The number of carbonyl (C=O) groups excluding carboxylic acids is 1. The highest BCUT2D eigenvalue weighted by Gasteiger charge is 2.26. The van der Waals surface area contributed by atoms with Crippen LogP contribution in [0.4, 0.5) is 5.69 Å². The Labute approximate surface area is 219 Å². The summed E-state index contributed by atoms with van der Waals surface area (Å²) in [4.78, 5) is 13.4. The number of hydrogen-bond acceptors (Lipinski definition) is 6. The summed E-state index contributed by atoms with van der Waals surface area (Å²) in [6.45, 7) is 3.80. The van der Waals surface area contributed by atoms with Gasteiger partial charge < -0.3 is 5.32 Å². The van der Waals surface area contributed by atoms with Crippen LogP contribution >= 0.6 is 23.4 Å². The molecule has 0 fully saturated rings. The monoisotopic (exact) mass is 540 g/mol. The van der Waals surface area contributed by atoms with Gasteiger partial charge in [-0.25, -0.2) is 8.42 Å². The molecule has 7 nitrogen and oxygen atoms in total. The number of anilines is 1. The summed E-state index contributed by atoms with van der Waals surface area (Å²) in [5, 5.41) is 11.9. The van der Waals surface area contributed by atoms with E-state index >= 15 is 0 Å². The van der Waals surface area contributed by atoms with E-state index in [1.54, 1.807) is 47.0 Å². The van der Waals surface area contributed by atoms with Gasteiger partial charge in [0.15, 0.2) is 20.8 Å². The van der Waals surface area contributed by atoms with E-state index in [1.807, 2.05) is 50.2 Å². The number of amides is 1. The van der Waals surface area contributed by atoms with E-state index in [1.165, 1.54) is 11.8 Å². The predicted molar refractivity (Wildman–Crippen MR) is 143 cm³/mol. The Morgan fingerprint density at radius 3 is 2.36 bits per heavy atom. The lowest BCUT2D eigenvalue weighted by Gasteiger charge is -2.17. The molecule has 0 aliphatic carbocycles. The molecule has 10 heteroatoms. The van der Waals surface area contributed by atoms with Crippen molar-refractivity contribution in [2.75, 3.05) is 5.32 Å². The third kappa shape index (κ3) is 5.98. The second kappa shape index (κ2) is 11.3. The Kier molecular flexibility index (Phi) is 8.13. The van der Waals surface area contributed by atoms with Crippen molar-refractivity contribution in [3.05, 3.63) is 95.3 Å². The molecule has 4 aromatic rings. The van der Waals surface area contributed by atoms with Crippen molar-refractivity contribution in [3.8, 4) is 5.69 Å². The molecule has 0 radical (unpaired) electrons. The molecule has 1 atom stereocenters. The average Bonchev–Trinajstić information content (AvgIpc) is 3.26. The van der Waals surface area contributed by atoms with E-state index in [-0.39, 0.29) is 22.4 Å². The molecule has 36 heavy (non-hydrogen) atoms. The molecule has 1 aromatic heterocycles. The lowest BCUT2D eigenvalue weighted by atomic mass is 10.2. The highest BCUT2D eigenvalue weighted by molar-refractivity contribution is 8.00. The highest BCUT2D eigenvalue weighted by Crippen LogP contribution is 2.30. The molecule has 0 bridgehead atoms. The number of aromatic nitrogens is 3. The number of nitrogens with zero attached hydrogens (tertiary/aromatic N) is 3. The first-order valence-electron chi connectivity index (χ1n) is 11.3. The summed E-state index contributed by atoms with van der Waals surface area (Å²) < 4.78 is 27.9. The van der Waals surface area contributed by atoms with Gasteiger partial charge in [-0.1, -0.05) is 72.8 Å². The Hall–Kier alpha value is -3.14. The molecule has 0 saturated heterocycles. The van der Waals surface area contributed by atoms with Crippen molar-refractivity contribution in [1.29, 1.82) is 0 Å². The molecular formula is C26H25ClN4O3S2. The molecular weight excluding hydrogens is 516 g/mol. The van der Waals surface area contributed by atoms with Crippen LogP contribution in [0.5, 0.6) is 0 Å². The summed E-state index contributed by atoms with van der Waals surface area (Å²) in [7, 11) is -3.65. The first-order valence-corrected chi connectivity index (χ1v) is 14.2. The van der Waals surface area contributed by atoms with Crippen molar-refractivity contribution in [2.24, 2.45) is 0 Å². The Morgan fingerprint density at radius 1 is 1.03 bits per heavy atom. The van der Waals surface area contributed by atoms with Crippen LogP contribution in [0.1, 0.15) is 24.7 Å². The zero-order valence-electron chi connectivity index (χ0n) is 19.8. The largest absolute Gasteiger partial charge is 0.325 e. The number of hydrogen-bond donors (Lipinski definition) is 1. The number of thioether (sulfide) groups is 1. The van der Waals surface area contributed by atoms with E-state index < -0.39 is 15.1 Å². The number of halogens is 1. The van der Waals surface area contributed by atoms with E-state index in [4.69, 9.17) is 11.6 Å². The van der Waals surface area contributed by atoms with Crippen LogP contribution in [-0.2, 0) is 20.4 Å². The third-order valence-electron chi connectivity index (χ3n) is 5.50. The van der Waals surface area contributed by atoms with Crippen molar-refractivity contribution < 1.29 is 13.2 Å². The Balaban J connectivity index is 1.65. The van der Waals surface area contributed by atoms with Gasteiger partial charge in [0.25, 0.3) is 0 Å². The summed E-state index contributed by atoms with van der Waals surface area (Å²) in [5.41, 5.74) is 2.25. The van der Waals surface area contributed by atoms with Crippen molar-refractivity contribution in [3.63, 3.8) is 0 Å². The van der Waals surface area contributed by atoms with Crippen LogP contribution < -0.4 is 5.32 Å². The lowest BCUT2D eigenvalue weighted by Crippen LogP contribution is -2.25. The standard InChI is InChI=1S/C26H25ClN4O3S2/c1-3-23(25(32)28-22-16-19(27)15-14-18(22)2)35-26-30-29-24(31(26)20-10-6-4-7-11-20)17-36(33,34)21-12-8-5-9-13-21/h4-16,23H,3,17H2,1-2H3,(H,28,32). The van der Waals surface area contributed by atoms with Crippen LogP contribution in [0, 0.1) is 6.92 Å². The van der Waals surface area contributed by atoms with Gasteiger partial charge in [-0.3, -0.25) is 9.36 Å². The summed E-state index contributed by atoms with van der Waals surface area (Å²) in [6.07, 6.45) is 0.523. The van der Waals surface area contributed by atoms with Gasteiger partial charge in [0.05, 0.1) is 10.1 Å². The first-order chi connectivity index (χ1) is 17.3. The van der Waals surface area contributed by atoms with Gasteiger partial charge in [0.2, 0.25) is 5.91 Å². The molecule has 0 aliphatic heterocycles. The molecule has 1 N–H and O–H groups in total. The maximum absolute atomic E-state index is 13.2. The third-order valence-corrected chi connectivity index (χ3v) is 8.68. The van der Waals surface area contributed by atoms with Gasteiger partial charge in [-0.05, 0) is 55.3 Å². The van der Waals surface area contributed by atoms with Crippen molar-refractivity contribution >= 4 is 44.8 Å². The molecule has 1 amide bonds. The zero-order chi connectivity index (χ0) is 25.7. The number of nitrogens with one attached hydrogen (secondary N) is 1. The maximum atomic E-state index is 13.2. The Morgan fingerprint density at radius 2 is 1.69 bits per heavy atom. The van der Waals surface area contributed by atoms with E-state index in [2.05, 4.69) is 15.5 Å². The van der Waals surface area contributed by atoms with Gasteiger partial charge in [0.1, 0.15) is 5.75 Å². The molecule has 0 saturated carbocycles. The molecule has 0 spiro atoms. The van der Waals surface area contributed by atoms with Crippen molar-refractivity contribution in [1.82, 2.24) is 14.8 Å². The predicted octanol–water partition coefficient (Wildman–Crippen LogP) is 5.71. The highest BCUT2D eigenvalue weighted by atomic mass is 35.5. The van der Waals surface area contributed by atoms with Crippen LogP contribution in [-0.4, -0.2) is 34.3 Å². The zero-order valence-corrected chi connectivity index (χ0v) is 22.1. The Bertz CT molecular complexity index is 1460.